The Morgan fingerprint density at radius 1 is 0.636 bits per heavy atom. The lowest BCUT2D eigenvalue weighted by atomic mass is 9.97. The van der Waals surface area contributed by atoms with E-state index in [1.54, 1.807) is 48.5 Å². The zero-order valence-electron chi connectivity index (χ0n) is 11.9. The molecule has 0 atom stereocenters. The highest BCUT2D eigenvalue weighted by Crippen LogP contribution is 2.22. The summed E-state index contributed by atoms with van der Waals surface area (Å²) < 4.78 is 0. The van der Waals surface area contributed by atoms with E-state index in [0.717, 1.165) is 0 Å². The van der Waals surface area contributed by atoms with Crippen molar-refractivity contribution >= 4 is 24.0 Å². The van der Waals surface area contributed by atoms with Gasteiger partial charge in [-0.2, -0.15) is 0 Å². The highest BCUT2D eigenvalue weighted by Gasteiger charge is 2.14. The van der Waals surface area contributed by atoms with Gasteiger partial charge in [0.15, 0.2) is 12.6 Å². The maximum atomic E-state index is 11.5. The fraction of sp³-hybridized carbons (Fsp3) is 0. The van der Waals surface area contributed by atoms with Crippen LogP contribution in [0.4, 0.5) is 0 Å². The number of aldehydes is 2. The summed E-state index contributed by atoms with van der Waals surface area (Å²) in [6, 6.07) is 17.9. The Labute approximate surface area is 128 Å². The fourth-order valence-electron chi connectivity index (χ4n) is 2.09. The van der Waals surface area contributed by atoms with E-state index < -0.39 is 0 Å². The molecule has 0 unspecified atom stereocenters. The van der Waals surface area contributed by atoms with Crippen LogP contribution in [0, 0.1) is 0 Å². The number of rotatable bonds is 5. The first-order chi connectivity index (χ1) is 10.7. The molecule has 0 bridgehead atoms. The average molecular weight is 292 g/mol. The molecule has 2 rings (SSSR count). The summed E-state index contributed by atoms with van der Waals surface area (Å²) in [5, 5.41) is 0. The van der Waals surface area contributed by atoms with E-state index in [1.807, 2.05) is 12.1 Å². The quantitative estimate of drug-likeness (QED) is 0.502. The fourth-order valence-corrected chi connectivity index (χ4v) is 2.09. The molecule has 22 heavy (non-hydrogen) atoms. The Bertz CT molecular complexity index is 667. The zero-order valence-corrected chi connectivity index (χ0v) is 11.9. The molecule has 0 saturated carbocycles. The lowest BCUT2D eigenvalue weighted by Gasteiger charge is -2.10. The molecule has 2 aromatic carbocycles. The van der Waals surface area contributed by atoms with Crippen LogP contribution >= 0.6 is 0 Å². The van der Waals surface area contributed by atoms with Crippen molar-refractivity contribution in [3.05, 3.63) is 82.9 Å². The minimum Gasteiger partial charge on any atom is -0.398 e. The van der Waals surface area contributed by atoms with Gasteiger partial charge in [0.25, 0.3) is 0 Å². The Morgan fingerprint density at radius 2 is 0.955 bits per heavy atom. The minimum atomic E-state index is 0.0857. The molecule has 0 spiro atoms. The van der Waals surface area contributed by atoms with Crippen LogP contribution in [0.25, 0.3) is 11.4 Å². The van der Waals surface area contributed by atoms with Gasteiger partial charge in [-0.15, -0.1) is 0 Å². The van der Waals surface area contributed by atoms with Crippen LogP contribution in [0.3, 0.4) is 0 Å². The molecular formula is C18H16N2O2. The third kappa shape index (κ3) is 3.12. The number of benzene rings is 2. The Hall–Kier alpha value is -3.14. The molecule has 0 heterocycles. The third-order valence-electron chi connectivity index (χ3n) is 3.28. The second-order valence-corrected chi connectivity index (χ2v) is 4.62. The SMILES string of the molecule is N/C(=C(C=O)\C(C=O)=C(/N)c1ccccc1)c1ccccc1. The van der Waals surface area contributed by atoms with Crippen molar-refractivity contribution in [2.45, 2.75) is 0 Å². The van der Waals surface area contributed by atoms with E-state index in [9.17, 15) is 9.59 Å². The van der Waals surface area contributed by atoms with Gasteiger partial charge >= 0.3 is 0 Å². The molecule has 4 heteroatoms. The van der Waals surface area contributed by atoms with Crippen LogP contribution in [-0.4, -0.2) is 12.6 Å². The van der Waals surface area contributed by atoms with Crippen molar-refractivity contribution in [1.29, 1.82) is 0 Å². The first-order valence-electron chi connectivity index (χ1n) is 6.70. The maximum absolute atomic E-state index is 11.5. The van der Waals surface area contributed by atoms with Crippen LogP contribution in [0.2, 0.25) is 0 Å². The lowest BCUT2D eigenvalue weighted by molar-refractivity contribution is -0.107. The third-order valence-corrected chi connectivity index (χ3v) is 3.28. The summed E-state index contributed by atoms with van der Waals surface area (Å²) in [6.45, 7) is 0. The van der Waals surface area contributed by atoms with Crippen molar-refractivity contribution in [3.63, 3.8) is 0 Å². The monoisotopic (exact) mass is 292 g/mol. The molecular weight excluding hydrogens is 276 g/mol. The summed E-state index contributed by atoms with van der Waals surface area (Å²) >= 11 is 0. The molecule has 110 valence electrons. The summed E-state index contributed by atoms with van der Waals surface area (Å²) in [7, 11) is 0. The molecule has 0 aliphatic heterocycles. The van der Waals surface area contributed by atoms with Crippen LogP contribution < -0.4 is 11.5 Å². The van der Waals surface area contributed by atoms with Crippen LogP contribution in [0.5, 0.6) is 0 Å². The predicted octanol–water partition coefficient (Wildman–Crippen LogP) is 2.12. The van der Waals surface area contributed by atoms with Crippen molar-refractivity contribution in [3.8, 4) is 0 Å². The van der Waals surface area contributed by atoms with Gasteiger partial charge in [-0.3, -0.25) is 9.59 Å². The normalized spacial score (nSPS) is 12.9. The van der Waals surface area contributed by atoms with Crippen LogP contribution in [0.15, 0.2) is 71.8 Å². The lowest BCUT2D eigenvalue weighted by Crippen LogP contribution is -2.11. The molecule has 0 saturated heterocycles. The summed E-state index contributed by atoms with van der Waals surface area (Å²) in [5.74, 6) is 0. The molecule has 0 fully saturated rings. The number of allylic oxidation sites excluding steroid dienone is 2. The predicted molar refractivity (Wildman–Crippen MR) is 87.2 cm³/mol. The summed E-state index contributed by atoms with van der Waals surface area (Å²) in [6.07, 6.45) is 1.11. The molecule has 0 aromatic heterocycles. The highest BCUT2D eigenvalue weighted by molar-refractivity contribution is 6.06. The first kappa shape index (κ1) is 15.3. The highest BCUT2D eigenvalue weighted by atomic mass is 16.1. The van der Waals surface area contributed by atoms with Crippen LogP contribution in [0.1, 0.15) is 11.1 Å². The maximum Gasteiger partial charge on any atom is 0.152 e. The number of hydrogen-bond donors (Lipinski definition) is 2. The molecule has 0 aliphatic rings. The Balaban J connectivity index is 2.62. The van der Waals surface area contributed by atoms with E-state index >= 15 is 0 Å². The first-order valence-corrected chi connectivity index (χ1v) is 6.70. The van der Waals surface area contributed by atoms with E-state index in [4.69, 9.17) is 11.5 Å². The number of carbonyl (C=O) groups is 2. The van der Waals surface area contributed by atoms with Gasteiger partial charge in [-0.05, 0) is 11.1 Å². The van der Waals surface area contributed by atoms with Gasteiger partial charge in [0.1, 0.15) is 0 Å². The minimum absolute atomic E-state index is 0.0857. The van der Waals surface area contributed by atoms with Crippen molar-refractivity contribution < 1.29 is 9.59 Å². The Morgan fingerprint density at radius 3 is 1.23 bits per heavy atom. The second-order valence-electron chi connectivity index (χ2n) is 4.62. The van der Waals surface area contributed by atoms with E-state index in [0.29, 0.717) is 23.7 Å². The van der Waals surface area contributed by atoms with Crippen molar-refractivity contribution in [2.24, 2.45) is 11.5 Å². The van der Waals surface area contributed by atoms with Gasteiger partial charge < -0.3 is 11.5 Å². The molecule has 0 aliphatic carbocycles. The van der Waals surface area contributed by atoms with E-state index in [-0.39, 0.29) is 22.5 Å². The number of nitrogens with two attached hydrogens (primary N) is 2. The standard InChI is InChI=1S/C18H16N2O2/c19-17(13-7-3-1-4-8-13)15(11-21)16(12-22)18(20)14-9-5-2-6-10-14/h1-12H,19-20H2/b17-15-,18-16-. The summed E-state index contributed by atoms with van der Waals surface area (Å²) in [5.41, 5.74) is 14.0. The zero-order chi connectivity index (χ0) is 15.9. The van der Waals surface area contributed by atoms with Crippen LogP contribution in [-0.2, 0) is 9.59 Å². The second kappa shape index (κ2) is 7.04. The van der Waals surface area contributed by atoms with Gasteiger partial charge in [0.05, 0.1) is 22.5 Å². The molecule has 2 aromatic rings. The average Bonchev–Trinajstić information content (AvgIpc) is 2.60. The smallest absolute Gasteiger partial charge is 0.152 e. The van der Waals surface area contributed by atoms with Gasteiger partial charge in [-0.1, -0.05) is 60.7 Å². The largest absolute Gasteiger partial charge is 0.398 e. The molecule has 0 amide bonds. The summed E-state index contributed by atoms with van der Waals surface area (Å²) in [4.78, 5) is 22.9. The van der Waals surface area contributed by atoms with Gasteiger partial charge in [-0.25, -0.2) is 0 Å². The van der Waals surface area contributed by atoms with E-state index in [2.05, 4.69) is 0 Å². The number of carbonyl (C=O) groups excluding carboxylic acids is 2. The van der Waals surface area contributed by atoms with E-state index in [1.165, 1.54) is 0 Å². The molecule has 0 radical (unpaired) electrons. The number of hydrogen-bond acceptors (Lipinski definition) is 4. The van der Waals surface area contributed by atoms with Crippen molar-refractivity contribution in [2.75, 3.05) is 0 Å². The van der Waals surface area contributed by atoms with Gasteiger partial charge in [0.2, 0.25) is 0 Å². The Kier molecular flexibility index (Phi) is 4.88. The van der Waals surface area contributed by atoms with Gasteiger partial charge in [0, 0.05) is 0 Å². The molecule has 4 nitrogen and oxygen atoms in total. The topological polar surface area (TPSA) is 86.2 Å². The van der Waals surface area contributed by atoms with Crippen molar-refractivity contribution in [1.82, 2.24) is 0 Å². The molecule has 4 N–H and O–H groups in total.